The summed E-state index contributed by atoms with van der Waals surface area (Å²) in [7, 11) is -2.31. The highest BCUT2D eigenvalue weighted by molar-refractivity contribution is 6.58. The van der Waals surface area contributed by atoms with Crippen LogP contribution in [0.5, 0.6) is 0 Å². The van der Waals surface area contributed by atoms with Crippen molar-refractivity contribution in [2.75, 3.05) is 0 Å². The third-order valence-corrected chi connectivity index (χ3v) is 1.01. The molecular formula is C6H7BFNO2. The van der Waals surface area contributed by atoms with Gasteiger partial charge in [-0.05, 0) is 12.9 Å². The molecule has 0 aliphatic carbocycles. The van der Waals surface area contributed by atoms with Gasteiger partial charge in [-0.2, -0.15) is 4.39 Å². The fourth-order valence-electron chi connectivity index (χ4n) is 0.536. The van der Waals surface area contributed by atoms with Crippen molar-refractivity contribution in [3.63, 3.8) is 0 Å². The Hall–Kier alpha value is -0.935. The normalized spacial score (nSPS) is 17.5. The molecule has 0 fully saturated rings. The van der Waals surface area contributed by atoms with Crippen LogP contribution in [0.15, 0.2) is 12.1 Å². The molecule has 0 aliphatic heterocycles. The first-order valence-corrected chi connectivity index (χ1v) is 2.69. The number of aromatic nitrogens is 1. The minimum absolute atomic E-state index is 0.843. The molecule has 0 radical (unpaired) electrons. The quantitative estimate of drug-likeness (QED) is 0.418. The van der Waals surface area contributed by atoms with Crippen molar-refractivity contribution in [3.05, 3.63) is 23.7 Å². The van der Waals surface area contributed by atoms with Crippen molar-refractivity contribution >= 4 is 12.6 Å². The van der Waals surface area contributed by atoms with Gasteiger partial charge < -0.3 is 10.0 Å². The number of pyridine rings is 1. The third kappa shape index (κ3) is 1.75. The SMILES string of the molecule is [2H]c1c(C([2H])([2H])[2H])nc(F)c(B(O)O)c1[2H]. The van der Waals surface area contributed by atoms with E-state index >= 15 is 0 Å². The molecule has 0 aliphatic rings. The van der Waals surface area contributed by atoms with Gasteiger partial charge in [-0.15, -0.1) is 0 Å². The summed E-state index contributed by atoms with van der Waals surface area (Å²) in [6.07, 6.45) is 0. The molecule has 0 unspecified atom stereocenters. The molecule has 11 heavy (non-hydrogen) atoms. The summed E-state index contributed by atoms with van der Waals surface area (Å²) in [5, 5.41) is 17.5. The molecule has 58 valence electrons. The van der Waals surface area contributed by atoms with Crippen LogP contribution >= 0.6 is 0 Å². The largest absolute Gasteiger partial charge is 0.493 e. The summed E-state index contributed by atoms with van der Waals surface area (Å²) in [5.41, 5.74) is -1.78. The Balaban J connectivity index is 3.52. The van der Waals surface area contributed by atoms with Crippen LogP contribution in [0.3, 0.4) is 0 Å². The van der Waals surface area contributed by atoms with E-state index in [9.17, 15) is 4.39 Å². The second kappa shape index (κ2) is 2.98. The first-order chi connectivity index (χ1) is 7.16. The van der Waals surface area contributed by atoms with Crippen LogP contribution in [0.2, 0.25) is 0 Å². The third-order valence-electron chi connectivity index (χ3n) is 1.01. The van der Waals surface area contributed by atoms with E-state index in [1.54, 1.807) is 0 Å². The lowest BCUT2D eigenvalue weighted by molar-refractivity contribution is 0.421. The van der Waals surface area contributed by atoms with E-state index in [0.29, 0.717) is 0 Å². The van der Waals surface area contributed by atoms with Gasteiger partial charge in [-0.25, -0.2) is 4.98 Å². The predicted octanol–water partition coefficient (Wildman–Crippen LogP) is -0.791. The number of aryl methyl sites for hydroxylation is 1. The number of hydrogen-bond acceptors (Lipinski definition) is 3. The maximum Gasteiger partial charge on any atom is 0.493 e. The Kier molecular flexibility index (Phi) is 0.987. The lowest BCUT2D eigenvalue weighted by Gasteiger charge is -1.99. The number of rotatable bonds is 1. The Bertz CT molecular complexity index is 424. The molecule has 0 bridgehead atoms. The fraction of sp³-hybridized carbons (Fsp3) is 0.167. The maximum atomic E-state index is 13.2. The molecule has 0 amide bonds. The summed E-state index contributed by atoms with van der Waals surface area (Å²) in [5.74, 6) is -1.47. The summed E-state index contributed by atoms with van der Waals surface area (Å²) < 4.78 is 48.6. The molecule has 5 heteroatoms. The minimum Gasteiger partial charge on any atom is -0.423 e. The summed E-state index contributed by atoms with van der Waals surface area (Å²) in [6, 6.07) is -1.74. The van der Waals surface area contributed by atoms with Gasteiger partial charge in [-0.1, -0.05) is 6.04 Å². The van der Waals surface area contributed by atoms with E-state index < -0.39 is 43.2 Å². The van der Waals surface area contributed by atoms with Crippen LogP contribution in [0.25, 0.3) is 0 Å². The average Bonchev–Trinajstić information content (AvgIpc) is 2.09. The first kappa shape index (κ1) is 3.64. The van der Waals surface area contributed by atoms with Crippen molar-refractivity contribution in [3.8, 4) is 0 Å². The fourth-order valence-corrected chi connectivity index (χ4v) is 0.536. The number of nitrogens with zero attached hydrogens (tertiary/aromatic N) is 1. The zero-order valence-electron chi connectivity index (χ0n) is 10.3. The average molecular weight is 160 g/mol. The van der Waals surface area contributed by atoms with Crippen LogP contribution < -0.4 is 5.46 Å². The monoisotopic (exact) mass is 160 g/mol. The van der Waals surface area contributed by atoms with Crippen molar-refractivity contribution in [1.29, 1.82) is 0 Å². The highest BCUT2D eigenvalue weighted by Crippen LogP contribution is 1.93. The second-order valence-electron chi connectivity index (χ2n) is 1.79. The van der Waals surface area contributed by atoms with Crippen molar-refractivity contribution in [2.24, 2.45) is 0 Å². The van der Waals surface area contributed by atoms with Crippen LogP contribution in [-0.2, 0) is 0 Å². The van der Waals surface area contributed by atoms with Crippen LogP contribution in [0.1, 0.15) is 12.5 Å². The van der Waals surface area contributed by atoms with Crippen LogP contribution in [0, 0.1) is 12.8 Å². The highest BCUT2D eigenvalue weighted by atomic mass is 19.1. The zero-order chi connectivity index (χ0) is 12.7. The van der Waals surface area contributed by atoms with Gasteiger partial charge >= 0.3 is 7.12 Å². The lowest BCUT2D eigenvalue weighted by Crippen LogP contribution is -2.33. The van der Waals surface area contributed by atoms with E-state index in [0.717, 1.165) is 0 Å². The molecule has 3 nitrogen and oxygen atoms in total. The first-order valence-electron chi connectivity index (χ1n) is 5.19. The molecule has 1 aromatic heterocycles. The van der Waals surface area contributed by atoms with Gasteiger partial charge in [0.15, 0.2) is 0 Å². The molecule has 1 aromatic rings. The standard InChI is InChI=1S/C6H7BFNO2/c1-4-2-3-5(7(10)11)6(8)9-4/h2-3,10-11H,1H3/i1D3,2D,3D. The highest BCUT2D eigenvalue weighted by Gasteiger charge is 2.16. The minimum atomic E-state index is -2.83. The van der Waals surface area contributed by atoms with E-state index in [-0.39, 0.29) is 0 Å². The summed E-state index contributed by atoms with van der Waals surface area (Å²) in [6.45, 7) is -2.83. The van der Waals surface area contributed by atoms with Gasteiger partial charge in [0.25, 0.3) is 0 Å². The van der Waals surface area contributed by atoms with Gasteiger partial charge in [0, 0.05) is 15.3 Å². The van der Waals surface area contributed by atoms with E-state index in [1.165, 1.54) is 0 Å². The number of halogens is 1. The smallest absolute Gasteiger partial charge is 0.423 e. The predicted molar refractivity (Wildman–Crippen MR) is 38.8 cm³/mol. The second-order valence-corrected chi connectivity index (χ2v) is 1.79. The van der Waals surface area contributed by atoms with Gasteiger partial charge in [0.1, 0.15) is 0 Å². The Morgan fingerprint density at radius 1 is 1.73 bits per heavy atom. The molecule has 0 saturated carbocycles. The summed E-state index contributed by atoms with van der Waals surface area (Å²) >= 11 is 0. The van der Waals surface area contributed by atoms with E-state index in [1.807, 2.05) is 0 Å². The van der Waals surface area contributed by atoms with Gasteiger partial charge in [0.2, 0.25) is 5.95 Å². The molecule has 0 saturated heterocycles. The molecule has 0 spiro atoms. The number of hydrogen-bond donors (Lipinski definition) is 2. The zero-order valence-corrected chi connectivity index (χ0v) is 5.30. The van der Waals surface area contributed by atoms with Gasteiger partial charge in [0.05, 0.1) is 2.74 Å². The Labute approximate surface area is 70.7 Å². The van der Waals surface area contributed by atoms with E-state index in [4.69, 9.17) is 16.9 Å². The van der Waals surface area contributed by atoms with E-state index in [2.05, 4.69) is 4.98 Å². The molecule has 1 rings (SSSR count). The topological polar surface area (TPSA) is 53.4 Å². The molecule has 2 N–H and O–H groups in total. The van der Waals surface area contributed by atoms with Crippen LogP contribution in [-0.4, -0.2) is 22.2 Å². The van der Waals surface area contributed by atoms with Crippen molar-refractivity contribution in [1.82, 2.24) is 4.98 Å². The van der Waals surface area contributed by atoms with Crippen molar-refractivity contribution in [2.45, 2.75) is 6.85 Å². The van der Waals surface area contributed by atoms with Crippen LogP contribution in [0.4, 0.5) is 4.39 Å². The lowest BCUT2D eigenvalue weighted by atomic mass is 9.81. The molecule has 1 heterocycles. The molecule has 0 atom stereocenters. The maximum absolute atomic E-state index is 13.2. The molecule has 0 aromatic carbocycles. The van der Waals surface area contributed by atoms with Crippen molar-refractivity contribution < 1.29 is 21.3 Å². The Morgan fingerprint density at radius 3 is 3.00 bits per heavy atom. The Morgan fingerprint density at radius 2 is 2.45 bits per heavy atom. The molecular weight excluding hydrogens is 148 g/mol. The summed E-state index contributed by atoms with van der Waals surface area (Å²) in [4.78, 5) is 2.97. The van der Waals surface area contributed by atoms with Gasteiger partial charge in [-0.3, -0.25) is 0 Å².